The summed E-state index contributed by atoms with van der Waals surface area (Å²) < 4.78 is 0. The fourth-order valence-corrected chi connectivity index (χ4v) is 3.81. The third kappa shape index (κ3) is 5.00. The quantitative estimate of drug-likeness (QED) is 0.594. The monoisotopic (exact) mass is 397 g/mol. The van der Waals surface area contributed by atoms with Crippen LogP contribution in [0.25, 0.3) is 11.4 Å². The number of nitrogens with zero attached hydrogens (tertiary/aromatic N) is 3. The first-order valence-electron chi connectivity index (χ1n) is 10.3. The van der Waals surface area contributed by atoms with Gasteiger partial charge in [-0.05, 0) is 50.2 Å². The molecule has 0 radical (unpaired) electrons. The molecule has 0 saturated heterocycles. The number of rotatable bonds is 9. The number of aromatic amines is 1. The van der Waals surface area contributed by atoms with E-state index in [1.54, 1.807) is 6.20 Å². The number of aromatic nitrogens is 3. The number of aliphatic carboxylic acids is 1. The lowest BCUT2D eigenvalue weighted by molar-refractivity contribution is -0.139. The first-order chi connectivity index (χ1) is 14.0. The van der Waals surface area contributed by atoms with E-state index in [2.05, 4.69) is 25.2 Å². The summed E-state index contributed by atoms with van der Waals surface area (Å²) in [6, 6.07) is 5.93. The lowest BCUT2D eigenvalue weighted by Gasteiger charge is -2.43. The molecule has 2 heterocycles. The van der Waals surface area contributed by atoms with Crippen molar-refractivity contribution in [2.75, 3.05) is 18.4 Å². The number of aryl methyl sites for hydroxylation is 1. The largest absolute Gasteiger partial charge is 0.480 e. The topological polar surface area (TPSA) is 111 Å². The van der Waals surface area contributed by atoms with Gasteiger partial charge in [-0.2, -0.15) is 0 Å². The molecule has 2 aromatic heterocycles. The Morgan fingerprint density at radius 1 is 1.34 bits per heavy atom. The van der Waals surface area contributed by atoms with E-state index in [0.717, 1.165) is 36.5 Å². The molecule has 8 heteroatoms. The van der Waals surface area contributed by atoms with E-state index < -0.39 is 5.97 Å². The predicted molar refractivity (Wildman–Crippen MR) is 110 cm³/mol. The van der Waals surface area contributed by atoms with Crippen LogP contribution in [-0.4, -0.2) is 56.1 Å². The van der Waals surface area contributed by atoms with Crippen molar-refractivity contribution in [2.45, 2.75) is 51.1 Å². The predicted octanol–water partition coefficient (Wildman–Crippen LogP) is 2.13. The summed E-state index contributed by atoms with van der Waals surface area (Å²) in [4.78, 5) is 36.7. The van der Waals surface area contributed by atoms with Gasteiger partial charge in [0.1, 0.15) is 11.6 Å². The van der Waals surface area contributed by atoms with Gasteiger partial charge in [0, 0.05) is 42.1 Å². The van der Waals surface area contributed by atoms with Crippen LogP contribution < -0.4 is 10.9 Å². The molecule has 2 aliphatic carbocycles. The first-order valence-corrected chi connectivity index (χ1v) is 10.3. The van der Waals surface area contributed by atoms with Crippen LogP contribution in [0.3, 0.4) is 0 Å². The number of anilines is 1. The Morgan fingerprint density at radius 2 is 2.14 bits per heavy atom. The number of carbonyl (C=O) groups is 1. The van der Waals surface area contributed by atoms with E-state index in [9.17, 15) is 9.59 Å². The van der Waals surface area contributed by atoms with Crippen molar-refractivity contribution in [1.82, 2.24) is 19.9 Å². The van der Waals surface area contributed by atoms with Gasteiger partial charge in [0.05, 0.1) is 6.54 Å². The van der Waals surface area contributed by atoms with E-state index in [1.807, 2.05) is 19.1 Å². The van der Waals surface area contributed by atoms with Gasteiger partial charge in [-0.3, -0.25) is 14.5 Å². The lowest BCUT2D eigenvalue weighted by Crippen LogP contribution is -2.52. The molecule has 0 spiro atoms. The second-order valence-electron chi connectivity index (χ2n) is 8.10. The highest BCUT2D eigenvalue weighted by Gasteiger charge is 2.37. The van der Waals surface area contributed by atoms with Gasteiger partial charge in [-0.15, -0.1) is 0 Å². The fraction of sp³-hybridized carbons (Fsp3) is 0.524. The zero-order valence-corrected chi connectivity index (χ0v) is 16.6. The highest BCUT2D eigenvalue weighted by atomic mass is 16.4. The lowest BCUT2D eigenvalue weighted by atomic mass is 9.85. The molecule has 0 atom stereocenters. The van der Waals surface area contributed by atoms with Crippen LogP contribution in [0.4, 0.5) is 5.82 Å². The normalized spacial score (nSPS) is 21.0. The van der Waals surface area contributed by atoms with Crippen LogP contribution in [0, 0.1) is 5.92 Å². The Bertz CT molecular complexity index is 917. The molecule has 0 bridgehead atoms. The number of pyridine rings is 1. The number of carboxylic acids is 1. The van der Waals surface area contributed by atoms with Gasteiger partial charge in [0.25, 0.3) is 5.56 Å². The molecular weight excluding hydrogens is 370 g/mol. The molecule has 2 aromatic rings. The second-order valence-corrected chi connectivity index (χ2v) is 8.10. The average molecular weight is 397 g/mol. The Hall–Kier alpha value is -2.74. The fourth-order valence-electron chi connectivity index (χ4n) is 3.81. The Kier molecular flexibility index (Phi) is 5.62. The maximum absolute atomic E-state index is 11.8. The summed E-state index contributed by atoms with van der Waals surface area (Å²) in [7, 11) is 0. The third-order valence-electron chi connectivity index (χ3n) is 5.70. The Labute approximate surface area is 169 Å². The van der Waals surface area contributed by atoms with Crippen molar-refractivity contribution in [3.8, 4) is 11.4 Å². The molecule has 0 aromatic carbocycles. The van der Waals surface area contributed by atoms with E-state index >= 15 is 0 Å². The van der Waals surface area contributed by atoms with Crippen LogP contribution in [0.2, 0.25) is 0 Å². The Balaban J connectivity index is 1.33. The molecule has 3 N–H and O–H groups in total. The van der Waals surface area contributed by atoms with Crippen molar-refractivity contribution in [3.05, 3.63) is 40.4 Å². The zero-order chi connectivity index (χ0) is 20.4. The molecule has 2 fully saturated rings. The van der Waals surface area contributed by atoms with Gasteiger partial charge < -0.3 is 15.4 Å². The molecule has 29 heavy (non-hydrogen) atoms. The van der Waals surface area contributed by atoms with Crippen molar-refractivity contribution in [3.63, 3.8) is 0 Å². The summed E-state index contributed by atoms with van der Waals surface area (Å²) in [6.45, 7) is 2.99. The summed E-state index contributed by atoms with van der Waals surface area (Å²) in [5, 5.41) is 12.6. The zero-order valence-electron chi connectivity index (χ0n) is 16.6. The molecule has 2 aliphatic rings. The number of nitrogens with one attached hydrogen (secondary N) is 2. The van der Waals surface area contributed by atoms with E-state index in [4.69, 9.17) is 5.11 Å². The highest BCUT2D eigenvalue weighted by Crippen LogP contribution is 2.34. The maximum Gasteiger partial charge on any atom is 0.317 e. The minimum atomic E-state index is -0.752. The van der Waals surface area contributed by atoms with Crippen molar-refractivity contribution in [1.29, 1.82) is 0 Å². The van der Waals surface area contributed by atoms with Crippen molar-refractivity contribution in [2.24, 2.45) is 5.92 Å². The third-order valence-corrected chi connectivity index (χ3v) is 5.70. The number of hydrogen-bond donors (Lipinski definition) is 3. The van der Waals surface area contributed by atoms with Gasteiger partial charge in [0.2, 0.25) is 0 Å². The van der Waals surface area contributed by atoms with Crippen molar-refractivity contribution < 1.29 is 9.90 Å². The van der Waals surface area contributed by atoms with E-state index in [0.29, 0.717) is 30.2 Å². The number of hydrogen-bond acceptors (Lipinski definition) is 6. The van der Waals surface area contributed by atoms with Crippen LogP contribution in [0.5, 0.6) is 0 Å². The molecule has 2 saturated carbocycles. The standard InChI is InChI=1S/C21H27N5O3/c1-2-15-9-19(27)25-21(24-15)14-5-6-18(22-10-14)23-16-7-17(8-16)26(12-20(28)29)11-13-3-4-13/h5-6,9-10,13,16-17H,2-4,7-8,11-12H2,1H3,(H,22,23)(H,28,29)(H,24,25,27). The van der Waals surface area contributed by atoms with Crippen LogP contribution in [0.1, 0.15) is 38.3 Å². The maximum atomic E-state index is 11.8. The summed E-state index contributed by atoms with van der Waals surface area (Å²) in [5.41, 5.74) is 1.36. The number of carboxylic acid groups (broad SMARTS) is 1. The van der Waals surface area contributed by atoms with Crippen LogP contribution in [-0.2, 0) is 11.2 Å². The SMILES string of the molecule is CCc1cc(=O)[nH]c(-c2ccc(NC3CC(N(CC(=O)O)CC4CC4)C3)nc2)n1. The van der Waals surface area contributed by atoms with Crippen LogP contribution in [0.15, 0.2) is 29.2 Å². The molecule has 8 nitrogen and oxygen atoms in total. The summed E-state index contributed by atoms with van der Waals surface area (Å²) in [5.74, 6) is 1.24. The van der Waals surface area contributed by atoms with Crippen molar-refractivity contribution >= 4 is 11.8 Å². The van der Waals surface area contributed by atoms with Gasteiger partial charge in [0.15, 0.2) is 0 Å². The molecule has 0 aliphatic heterocycles. The van der Waals surface area contributed by atoms with Gasteiger partial charge in [-0.1, -0.05) is 6.92 Å². The first kappa shape index (κ1) is 19.6. The summed E-state index contributed by atoms with van der Waals surface area (Å²) in [6.07, 6.45) is 6.71. The minimum Gasteiger partial charge on any atom is -0.480 e. The molecule has 0 unspecified atom stereocenters. The minimum absolute atomic E-state index is 0.128. The molecule has 4 rings (SSSR count). The van der Waals surface area contributed by atoms with E-state index in [1.165, 1.54) is 18.9 Å². The second kappa shape index (κ2) is 8.32. The molecule has 154 valence electrons. The average Bonchev–Trinajstić information content (AvgIpc) is 3.47. The number of H-pyrrole nitrogens is 1. The summed E-state index contributed by atoms with van der Waals surface area (Å²) >= 11 is 0. The Morgan fingerprint density at radius 3 is 2.76 bits per heavy atom. The highest BCUT2D eigenvalue weighted by molar-refractivity contribution is 5.69. The molecular formula is C21H27N5O3. The van der Waals surface area contributed by atoms with Gasteiger partial charge in [-0.25, -0.2) is 9.97 Å². The van der Waals surface area contributed by atoms with Crippen LogP contribution >= 0.6 is 0 Å². The molecule has 0 amide bonds. The van der Waals surface area contributed by atoms with E-state index in [-0.39, 0.29) is 12.1 Å². The smallest absolute Gasteiger partial charge is 0.317 e. The van der Waals surface area contributed by atoms with Gasteiger partial charge >= 0.3 is 5.97 Å².